The Morgan fingerprint density at radius 2 is 1.41 bits per heavy atom. The molecule has 5 nitrogen and oxygen atoms in total. The molecule has 0 spiro atoms. The third-order valence-corrected chi connectivity index (χ3v) is 5.69. The van der Waals surface area contributed by atoms with Gasteiger partial charge in [-0.1, -0.05) is 60.7 Å². The number of aryl methyl sites for hydroxylation is 1. The second-order valence-electron chi connectivity index (χ2n) is 8.07. The SMILES string of the molecule is C[n+]1[c-]n(-c2cccc(Oc3cccc(-n4[c-][n+](-c5ccccc5)c5ccccc54)c3)c2)cc1. The van der Waals surface area contributed by atoms with E-state index >= 15 is 0 Å². The number of hydrogen-bond acceptors (Lipinski definition) is 1. The minimum atomic E-state index is 0.758. The standard InChI is InChI=1S/C29H22N4O/c1-30-17-18-31(21-30)24-11-7-13-26(19-24)34-27-14-8-12-25(20-27)33-22-32(23-9-3-2-4-10-23)28-15-5-6-16-29(28)33/h2-20H,1H3. The van der Waals surface area contributed by atoms with Crippen LogP contribution < -0.4 is 13.9 Å². The fraction of sp³-hybridized carbons (Fsp3) is 0.0345. The maximum atomic E-state index is 6.24. The van der Waals surface area contributed by atoms with Crippen LogP contribution in [0.3, 0.4) is 0 Å². The van der Waals surface area contributed by atoms with Crippen LogP contribution in [0.5, 0.6) is 11.5 Å². The molecule has 34 heavy (non-hydrogen) atoms. The molecule has 0 aliphatic heterocycles. The van der Waals surface area contributed by atoms with E-state index < -0.39 is 0 Å². The number of fused-ring (bicyclic) bond motifs is 1. The molecule has 2 heterocycles. The molecule has 0 aliphatic rings. The molecule has 0 fully saturated rings. The van der Waals surface area contributed by atoms with E-state index in [9.17, 15) is 0 Å². The van der Waals surface area contributed by atoms with Crippen molar-refractivity contribution in [3.63, 3.8) is 0 Å². The third kappa shape index (κ3) is 3.73. The lowest BCUT2D eigenvalue weighted by Crippen LogP contribution is -2.29. The molecule has 0 radical (unpaired) electrons. The smallest absolute Gasteiger partial charge is 0.269 e. The maximum absolute atomic E-state index is 6.24. The van der Waals surface area contributed by atoms with Crippen molar-refractivity contribution >= 4 is 11.0 Å². The number of aromatic nitrogens is 4. The van der Waals surface area contributed by atoms with Crippen molar-refractivity contribution < 1.29 is 13.9 Å². The second-order valence-corrected chi connectivity index (χ2v) is 8.07. The number of nitrogens with zero attached hydrogens (tertiary/aromatic N) is 4. The van der Waals surface area contributed by atoms with E-state index in [1.165, 1.54) is 0 Å². The van der Waals surface area contributed by atoms with Gasteiger partial charge in [0.25, 0.3) is 6.33 Å². The first-order valence-electron chi connectivity index (χ1n) is 11.1. The molecule has 0 unspecified atom stereocenters. The van der Waals surface area contributed by atoms with Crippen LogP contribution in [0.25, 0.3) is 28.1 Å². The Bertz CT molecular complexity index is 1600. The van der Waals surface area contributed by atoms with E-state index in [2.05, 4.69) is 58.2 Å². The summed E-state index contributed by atoms with van der Waals surface area (Å²) in [5.41, 5.74) is 5.19. The Labute approximate surface area is 198 Å². The van der Waals surface area contributed by atoms with Gasteiger partial charge in [0.2, 0.25) is 6.33 Å². The Kier molecular flexibility index (Phi) is 4.92. The summed E-state index contributed by atoms with van der Waals surface area (Å²) in [5, 5.41) is 0. The van der Waals surface area contributed by atoms with Gasteiger partial charge in [0, 0.05) is 12.4 Å². The van der Waals surface area contributed by atoms with Crippen molar-refractivity contribution in [1.82, 2.24) is 9.13 Å². The lowest BCUT2D eigenvalue weighted by molar-refractivity contribution is -0.674. The van der Waals surface area contributed by atoms with Gasteiger partial charge in [-0.05, 0) is 42.5 Å². The molecule has 0 bridgehead atoms. The summed E-state index contributed by atoms with van der Waals surface area (Å²) in [5.74, 6) is 1.52. The predicted molar refractivity (Wildman–Crippen MR) is 129 cm³/mol. The van der Waals surface area contributed by atoms with E-state index in [-0.39, 0.29) is 0 Å². The Hall–Kier alpha value is -4.64. The first-order chi connectivity index (χ1) is 16.7. The molecule has 6 rings (SSSR count). The van der Waals surface area contributed by atoms with Crippen molar-refractivity contribution in [1.29, 1.82) is 0 Å². The molecule has 0 atom stereocenters. The average Bonchev–Trinajstić information content (AvgIpc) is 3.49. The van der Waals surface area contributed by atoms with Gasteiger partial charge in [-0.2, -0.15) is 0 Å². The number of ether oxygens (including phenoxy) is 1. The van der Waals surface area contributed by atoms with Crippen LogP contribution in [0.15, 0.2) is 116 Å². The second kappa shape index (κ2) is 8.37. The summed E-state index contributed by atoms with van der Waals surface area (Å²) in [4.78, 5) is 0. The van der Waals surface area contributed by atoms with Gasteiger partial charge >= 0.3 is 0 Å². The van der Waals surface area contributed by atoms with E-state index in [4.69, 9.17) is 4.74 Å². The molecule has 164 valence electrons. The molecule has 4 aromatic carbocycles. The fourth-order valence-corrected chi connectivity index (χ4v) is 4.09. The van der Waals surface area contributed by atoms with Gasteiger partial charge in [-0.15, -0.1) is 0 Å². The zero-order chi connectivity index (χ0) is 22.9. The van der Waals surface area contributed by atoms with Gasteiger partial charge in [0.1, 0.15) is 11.5 Å². The van der Waals surface area contributed by atoms with Crippen LogP contribution in [0, 0.1) is 12.7 Å². The van der Waals surface area contributed by atoms with Gasteiger partial charge in [-0.25, -0.2) is 0 Å². The molecule has 0 amide bonds. The average molecular weight is 443 g/mol. The Morgan fingerprint density at radius 3 is 2.18 bits per heavy atom. The molecular weight excluding hydrogens is 420 g/mol. The van der Waals surface area contributed by atoms with Gasteiger partial charge in [0.05, 0.1) is 35.1 Å². The number of hydrogen-bond donors (Lipinski definition) is 0. The van der Waals surface area contributed by atoms with Crippen LogP contribution in [-0.4, -0.2) is 9.13 Å². The normalized spacial score (nSPS) is 11.1. The Balaban J connectivity index is 1.37. The molecule has 0 saturated carbocycles. The van der Waals surface area contributed by atoms with Crippen LogP contribution >= 0.6 is 0 Å². The van der Waals surface area contributed by atoms with Crippen molar-refractivity contribution in [3.05, 3.63) is 128 Å². The fourth-order valence-electron chi connectivity index (χ4n) is 4.09. The van der Waals surface area contributed by atoms with Gasteiger partial charge < -0.3 is 13.9 Å². The molecule has 0 saturated heterocycles. The minimum absolute atomic E-state index is 0.758. The monoisotopic (exact) mass is 442 g/mol. The van der Waals surface area contributed by atoms with Gasteiger partial charge in [-0.3, -0.25) is 9.13 Å². The number of rotatable bonds is 5. The zero-order valence-corrected chi connectivity index (χ0v) is 18.7. The Morgan fingerprint density at radius 1 is 0.706 bits per heavy atom. The van der Waals surface area contributed by atoms with Crippen LogP contribution in [0.1, 0.15) is 0 Å². The predicted octanol–water partition coefficient (Wildman–Crippen LogP) is 4.92. The summed E-state index contributed by atoms with van der Waals surface area (Å²) in [6.07, 6.45) is 10.7. The summed E-state index contributed by atoms with van der Waals surface area (Å²) in [6.45, 7) is 0. The van der Waals surface area contributed by atoms with E-state index in [0.717, 1.165) is 39.6 Å². The lowest BCUT2D eigenvalue weighted by atomic mass is 10.2. The van der Waals surface area contributed by atoms with Crippen molar-refractivity contribution in [2.75, 3.05) is 0 Å². The molecule has 0 aliphatic carbocycles. The zero-order valence-electron chi connectivity index (χ0n) is 18.7. The summed E-state index contributed by atoms with van der Waals surface area (Å²) in [6, 6.07) is 34.6. The third-order valence-electron chi connectivity index (χ3n) is 5.69. The highest BCUT2D eigenvalue weighted by atomic mass is 16.5. The minimum Gasteiger partial charge on any atom is -0.459 e. The number of imidazole rings is 2. The molecule has 0 N–H and O–H groups in total. The van der Waals surface area contributed by atoms with E-state index in [1.807, 2.05) is 95.3 Å². The number of para-hydroxylation sites is 3. The first-order valence-corrected chi connectivity index (χ1v) is 11.1. The molecular formula is C29H22N4O. The lowest BCUT2D eigenvalue weighted by Gasteiger charge is -2.10. The highest BCUT2D eigenvalue weighted by Gasteiger charge is 2.12. The largest absolute Gasteiger partial charge is 0.459 e. The number of benzene rings is 4. The van der Waals surface area contributed by atoms with E-state index in [1.54, 1.807) is 0 Å². The summed E-state index contributed by atoms with van der Waals surface area (Å²) < 4.78 is 14.2. The van der Waals surface area contributed by atoms with E-state index in [0.29, 0.717) is 0 Å². The highest BCUT2D eigenvalue weighted by molar-refractivity contribution is 5.74. The van der Waals surface area contributed by atoms with Gasteiger partial charge in [0.15, 0.2) is 0 Å². The van der Waals surface area contributed by atoms with Crippen molar-refractivity contribution in [3.8, 4) is 28.6 Å². The maximum Gasteiger partial charge on any atom is 0.269 e. The van der Waals surface area contributed by atoms with Crippen LogP contribution in [0.2, 0.25) is 0 Å². The first kappa shape index (κ1) is 20.0. The van der Waals surface area contributed by atoms with Crippen LogP contribution in [0.4, 0.5) is 0 Å². The summed E-state index contributed by atoms with van der Waals surface area (Å²) in [7, 11) is 1.95. The topological polar surface area (TPSA) is 26.8 Å². The van der Waals surface area contributed by atoms with Crippen molar-refractivity contribution in [2.24, 2.45) is 7.05 Å². The quantitative estimate of drug-likeness (QED) is 0.275. The molecule has 2 aromatic heterocycles. The summed E-state index contributed by atoms with van der Waals surface area (Å²) >= 11 is 0. The molecule has 6 aromatic rings. The molecule has 5 heteroatoms. The van der Waals surface area contributed by atoms with Crippen LogP contribution in [-0.2, 0) is 7.05 Å². The highest BCUT2D eigenvalue weighted by Crippen LogP contribution is 2.27. The van der Waals surface area contributed by atoms with Crippen molar-refractivity contribution in [2.45, 2.75) is 0 Å².